The molecule has 7 heteroatoms. The number of amides is 1. The molecule has 1 aliphatic heterocycles. The molecule has 5 rings (SSSR count). The minimum Gasteiger partial charge on any atom is -0.342 e. The number of rotatable bonds is 3. The molecule has 1 aliphatic rings. The third-order valence-corrected chi connectivity index (χ3v) is 5.70. The topological polar surface area (TPSA) is 77.7 Å². The van der Waals surface area contributed by atoms with Gasteiger partial charge in [0.15, 0.2) is 5.69 Å². The predicted molar refractivity (Wildman–Crippen MR) is 101 cm³/mol. The predicted octanol–water partition coefficient (Wildman–Crippen LogP) is 3.56. The number of hydrogen-bond donors (Lipinski definition) is 2. The number of nitrogens with one attached hydrogen (secondary N) is 2. The number of hydrogen-bond acceptors (Lipinski definition) is 4. The molecule has 0 bridgehead atoms. The van der Waals surface area contributed by atoms with E-state index in [2.05, 4.69) is 39.2 Å². The van der Waals surface area contributed by atoms with Crippen LogP contribution in [0.15, 0.2) is 41.8 Å². The van der Waals surface area contributed by atoms with Crippen LogP contribution in [0.2, 0.25) is 0 Å². The highest BCUT2D eigenvalue weighted by Gasteiger charge is 2.35. The molecule has 3 aromatic heterocycles. The largest absolute Gasteiger partial charge is 0.342 e. The summed E-state index contributed by atoms with van der Waals surface area (Å²) in [5, 5.41) is 9.14. The first-order valence-corrected chi connectivity index (χ1v) is 9.40. The first kappa shape index (κ1) is 15.3. The smallest absolute Gasteiger partial charge is 0.274 e. The lowest BCUT2D eigenvalue weighted by atomic mass is 9.99. The van der Waals surface area contributed by atoms with Gasteiger partial charge in [-0.15, -0.1) is 11.3 Å². The van der Waals surface area contributed by atoms with Gasteiger partial charge in [-0.05, 0) is 42.1 Å². The summed E-state index contributed by atoms with van der Waals surface area (Å²) in [6.07, 6.45) is 0. The van der Waals surface area contributed by atoms with Crippen LogP contribution in [0, 0.1) is 6.92 Å². The van der Waals surface area contributed by atoms with E-state index in [0.29, 0.717) is 18.8 Å². The first-order valence-electron chi connectivity index (χ1n) is 8.52. The number of aryl methyl sites for hydroxylation is 1. The number of carbonyl (C=O) groups is 1. The second kappa shape index (κ2) is 5.81. The lowest BCUT2D eigenvalue weighted by Crippen LogP contribution is -2.48. The molecule has 1 amide bonds. The summed E-state index contributed by atoms with van der Waals surface area (Å²) in [7, 11) is 0. The molecule has 4 heterocycles. The van der Waals surface area contributed by atoms with E-state index in [-0.39, 0.29) is 11.8 Å². The zero-order valence-corrected chi connectivity index (χ0v) is 15.0. The van der Waals surface area contributed by atoms with Crippen molar-refractivity contribution >= 4 is 28.3 Å². The van der Waals surface area contributed by atoms with E-state index in [9.17, 15) is 4.79 Å². The Kier molecular flexibility index (Phi) is 3.43. The maximum absolute atomic E-state index is 12.6. The van der Waals surface area contributed by atoms with E-state index >= 15 is 0 Å². The van der Waals surface area contributed by atoms with Gasteiger partial charge >= 0.3 is 0 Å². The van der Waals surface area contributed by atoms with Crippen molar-refractivity contribution in [3.05, 3.63) is 58.9 Å². The van der Waals surface area contributed by atoms with E-state index in [4.69, 9.17) is 0 Å². The van der Waals surface area contributed by atoms with E-state index < -0.39 is 0 Å². The van der Waals surface area contributed by atoms with E-state index in [0.717, 1.165) is 27.4 Å². The fraction of sp³-hybridized carbons (Fsp3) is 0.211. The van der Waals surface area contributed by atoms with Crippen molar-refractivity contribution in [1.29, 1.82) is 0 Å². The average molecular weight is 363 g/mol. The van der Waals surface area contributed by atoms with Gasteiger partial charge in [0.25, 0.3) is 5.91 Å². The van der Waals surface area contributed by atoms with E-state index in [1.165, 1.54) is 5.56 Å². The van der Waals surface area contributed by atoms with Crippen molar-refractivity contribution in [2.24, 2.45) is 0 Å². The van der Waals surface area contributed by atoms with Crippen LogP contribution in [0.4, 0.5) is 0 Å². The van der Waals surface area contributed by atoms with Gasteiger partial charge in [-0.1, -0.05) is 12.1 Å². The van der Waals surface area contributed by atoms with Crippen molar-refractivity contribution in [3.63, 3.8) is 0 Å². The minimum absolute atomic E-state index is 0.0349. The molecule has 0 radical (unpaired) electrons. The Labute approximate surface area is 153 Å². The molecule has 1 fully saturated rings. The van der Waals surface area contributed by atoms with Crippen LogP contribution in [0.25, 0.3) is 21.6 Å². The van der Waals surface area contributed by atoms with Crippen molar-refractivity contribution in [2.75, 3.05) is 13.1 Å². The molecule has 0 saturated carbocycles. The van der Waals surface area contributed by atoms with Crippen LogP contribution < -0.4 is 0 Å². The summed E-state index contributed by atoms with van der Waals surface area (Å²) in [5.41, 5.74) is 4.58. The fourth-order valence-corrected chi connectivity index (χ4v) is 4.00. The van der Waals surface area contributed by atoms with Gasteiger partial charge in [0, 0.05) is 13.1 Å². The van der Waals surface area contributed by atoms with Gasteiger partial charge in [0.2, 0.25) is 0 Å². The number of thiophene rings is 1. The van der Waals surface area contributed by atoms with E-state index in [1.54, 1.807) is 11.3 Å². The van der Waals surface area contributed by atoms with Gasteiger partial charge in [-0.2, -0.15) is 5.10 Å². The van der Waals surface area contributed by atoms with Crippen molar-refractivity contribution in [3.8, 4) is 10.6 Å². The third kappa shape index (κ3) is 2.52. The Morgan fingerprint density at radius 2 is 2.15 bits per heavy atom. The van der Waals surface area contributed by atoms with Gasteiger partial charge in [0.1, 0.15) is 5.82 Å². The maximum Gasteiger partial charge on any atom is 0.274 e. The molecular formula is C19H17N5OS. The number of benzene rings is 1. The fourth-order valence-electron chi connectivity index (χ4n) is 3.31. The van der Waals surface area contributed by atoms with Crippen LogP contribution in [-0.4, -0.2) is 44.1 Å². The second-order valence-corrected chi connectivity index (χ2v) is 7.64. The number of H-pyrrole nitrogens is 2. The number of carbonyl (C=O) groups excluding carboxylic acids is 1. The Balaban J connectivity index is 1.29. The highest BCUT2D eigenvalue weighted by molar-refractivity contribution is 7.13. The lowest BCUT2D eigenvalue weighted by molar-refractivity contribution is 0.0589. The first-order chi connectivity index (χ1) is 12.7. The normalized spacial score (nSPS) is 14.7. The number of likely N-dealkylation sites (tertiary alicyclic amines) is 1. The molecule has 130 valence electrons. The van der Waals surface area contributed by atoms with E-state index in [1.807, 2.05) is 34.5 Å². The van der Waals surface area contributed by atoms with Gasteiger partial charge in [-0.3, -0.25) is 9.89 Å². The molecule has 2 N–H and O–H groups in total. The van der Waals surface area contributed by atoms with Crippen LogP contribution in [0.3, 0.4) is 0 Å². The summed E-state index contributed by atoms with van der Waals surface area (Å²) in [6, 6.07) is 12.0. The zero-order valence-electron chi connectivity index (χ0n) is 14.2. The molecule has 0 atom stereocenters. The summed E-state index contributed by atoms with van der Waals surface area (Å²) >= 11 is 1.62. The Morgan fingerprint density at radius 3 is 2.96 bits per heavy atom. The van der Waals surface area contributed by atoms with Gasteiger partial charge < -0.3 is 9.88 Å². The standard InChI is InChI=1S/C19H17N5OS/c1-11-4-5-13-14(7-11)21-18(20-13)12-9-24(10-12)19(25)16-8-15(22-23-16)17-3-2-6-26-17/h2-8,12H,9-10H2,1H3,(H,20,21)(H,22,23). The van der Waals surface area contributed by atoms with Crippen LogP contribution in [0.1, 0.15) is 27.8 Å². The summed E-state index contributed by atoms with van der Waals surface area (Å²) in [6.45, 7) is 3.40. The third-order valence-electron chi connectivity index (χ3n) is 4.79. The minimum atomic E-state index is -0.0349. The highest BCUT2D eigenvalue weighted by atomic mass is 32.1. The number of fused-ring (bicyclic) bond motifs is 1. The Bertz CT molecular complexity index is 1090. The summed E-state index contributed by atoms with van der Waals surface area (Å²) in [5.74, 6) is 1.17. The molecule has 1 aromatic carbocycles. The lowest BCUT2D eigenvalue weighted by Gasteiger charge is -2.37. The molecule has 0 aliphatic carbocycles. The SMILES string of the molecule is Cc1ccc2nc(C3CN(C(=O)c4cc(-c5cccs5)[nH]n4)C3)[nH]c2c1. The molecule has 0 spiro atoms. The summed E-state index contributed by atoms with van der Waals surface area (Å²) < 4.78 is 0. The number of aromatic nitrogens is 4. The maximum atomic E-state index is 12.6. The number of aromatic amines is 2. The molecule has 6 nitrogen and oxygen atoms in total. The zero-order chi connectivity index (χ0) is 17.7. The van der Waals surface area contributed by atoms with Crippen LogP contribution >= 0.6 is 11.3 Å². The van der Waals surface area contributed by atoms with Gasteiger partial charge in [0.05, 0.1) is 27.5 Å². The second-order valence-electron chi connectivity index (χ2n) is 6.69. The van der Waals surface area contributed by atoms with Crippen LogP contribution in [-0.2, 0) is 0 Å². The number of imidazole rings is 1. The highest BCUT2D eigenvalue weighted by Crippen LogP contribution is 2.29. The van der Waals surface area contributed by atoms with Crippen molar-refractivity contribution in [2.45, 2.75) is 12.8 Å². The Hall–Kier alpha value is -2.93. The quantitative estimate of drug-likeness (QED) is 0.584. The monoisotopic (exact) mass is 363 g/mol. The van der Waals surface area contributed by atoms with Crippen molar-refractivity contribution < 1.29 is 4.79 Å². The van der Waals surface area contributed by atoms with Crippen molar-refractivity contribution in [1.82, 2.24) is 25.1 Å². The average Bonchev–Trinajstić information content (AvgIpc) is 3.32. The summed E-state index contributed by atoms with van der Waals surface area (Å²) in [4.78, 5) is 23.6. The Morgan fingerprint density at radius 1 is 1.27 bits per heavy atom. The molecular weight excluding hydrogens is 346 g/mol. The molecule has 4 aromatic rings. The van der Waals surface area contributed by atoms with Crippen LogP contribution in [0.5, 0.6) is 0 Å². The molecule has 26 heavy (non-hydrogen) atoms. The van der Waals surface area contributed by atoms with Gasteiger partial charge in [-0.25, -0.2) is 4.98 Å². The molecule has 1 saturated heterocycles. The number of nitrogens with zero attached hydrogens (tertiary/aromatic N) is 3. The molecule has 0 unspecified atom stereocenters.